The largest absolute Gasteiger partial charge is 0.495 e. The van der Waals surface area contributed by atoms with Gasteiger partial charge in [-0.05, 0) is 29.8 Å². The number of rotatable bonds is 4. The van der Waals surface area contributed by atoms with Crippen LogP contribution in [0.4, 0.5) is 11.4 Å². The third kappa shape index (κ3) is 4.94. The highest BCUT2D eigenvalue weighted by Crippen LogP contribution is 2.28. The standard InChI is InChI=1S/C18H23N3O.2ClH/c1-22-18-8-3-2-7-17(18)21-11-9-20(10-12-21)14-15-5-4-6-16(19)13-15;;/h2-8,13H,9-12,14,19H2,1H3;2*1H. The normalized spacial score (nSPS) is 14.5. The molecule has 1 aliphatic heterocycles. The van der Waals surface area contributed by atoms with Gasteiger partial charge in [-0.25, -0.2) is 0 Å². The number of nitrogens with zero attached hydrogens (tertiary/aromatic N) is 2. The fourth-order valence-electron chi connectivity index (χ4n) is 2.99. The summed E-state index contributed by atoms with van der Waals surface area (Å²) in [7, 11) is 1.73. The molecule has 0 saturated carbocycles. The van der Waals surface area contributed by atoms with Crippen molar-refractivity contribution < 1.29 is 4.74 Å². The molecule has 1 fully saturated rings. The van der Waals surface area contributed by atoms with Gasteiger partial charge in [0.25, 0.3) is 0 Å². The zero-order valence-corrected chi connectivity index (χ0v) is 15.5. The summed E-state index contributed by atoms with van der Waals surface area (Å²) in [6.07, 6.45) is 0. The number of halogens is 2. The summed E-state index contributed by atoms with van der Waals surface area (Å²) in [6.45, 7) is 5.09. The quantitative estimate of drug-likeness (QED) is 0.838. The number of piperazine rings is 1. The molecular formula is C18H25Cl2N3O. The zero-order chi connectivity index (χ0) is 15.4. The molecule has 2 aromatic carbocycles. The molecule has 0 bridgehead atoms. The monoisotopic (exact) mass is 369 g/mol. The van der Waals surface area contributed by atoms with Gasteiger partial charge in [0.05, 0.1) is 12.8 Å². The highest BCUT2D eigenvalue weighted by molar-refractivity contribution is 5.85. The molecule has 2 aromatic rings. The van der Waals surface area contributed by atoms with E-state index in [1.807, 2.05) is 24.3 Å². The molecule has 24 heavy (non-hydrogen) atoms. The second kappa shape index (κ2) is 9.62. The Labute approximate surface area is 156 Å². The minimum atomic E-state index is 0. The molecule has 132 valence electrons. The van der Waals surface area contributed by atoms with Crippen LogP contribution in [0.15, 0.2) is 48.5 Å². The average Bonchev–Trinajstić information content (AvgIpc) is 2.56. The lowest BCUT2D eigenvalue weighted by molar-refractivity contribution is 0.249. The first-order valence-electron chi connectivity index (χ1n) is 7.71. The number of anilines is 2. The second-order valence-electron chi connectivity index (χ2n) is 5.68. The van der Waals surface area contributed by atoms with E-state index in [0.29, 0.717) is 0 Å². The fourth-order valence-corrected chi connectivity index (χ4v) is 2.99. The van der Waals surface area contributed by atoms with Crippen molar-refractivity contribution >= 4 is 36.2 Å². The predicted molar refractivity (Wildman–Crippen MR) is 106 cm³/mol. The number of nitrogen functional groups attached to an aromatic ring is 1. The summed E-state index contributed by atoms with van der Waals surface area (Å²) >= 11 is 0. The van der Waals surface area contributed by atoms with Gasteiger partial charge in [-0.2, -0.15) is 0 Å². The molecule has 4 nitrogen and oxygen atoms in total. The smallest absolute Gasteiger partial charge is 0.142 e. The van der Waals surface area contributed by atoms with Gasteiger partial charge in [0.1, 0.15) is 5.75 Å². The highest BCUT2D eigenvalue weighted by atomic mass is 35.5. The summed E-state index contributed by atoms with van der Waals surface area (Å²) in [5, 5.41) is 0. The summed E-state index contributed by atoms with van der Waals surface area (Å²) in [4.78, 5) is 4.87. The molecule has 0 atom stereocenters. The van der Waals surface area contributed by atoms with Gasteiger partial charge < -0.3 is 15.4 Å². The average molecular weight is 370 g/mol. The fraction of sp³-hybridized carbons (Fsp3) is 0.333. The summed E-state index contributed by atoms with van der Waals surface area (Å²) in [6, 6.07) is 16.4. The maximum absolute atomic E-state index is 5.85. The van der Waals surface area contributed by atoms with Crippen molar-refractivity contribution in [3.8, 4) is 5.75 Å². The Kier molecular flexibility index (Phi) is 8.19. The van der Waals surface area contributed by atoms with Crippen LogP contribution in [0.1, 0.15) is 5.56 Å². The zero-order valence-electron chi connectivity index (χ0n) is 13.9. The number of para-hydroxylation sites is 2. The lowest BCUT2D eigenvalue weighted by Gasteiger charge is -2.36. The van der Waals surface area contributed by atoms with Crippen molar-refractivity contribution in [1.29, 1.82) is 0 Å². The first-order chi connectivity index (χ1) is 10.8. The molecule has 0 amide bonds. The van der Waals surface area contributed by atoms with E-state index in [1.54, 1.807) is 7.11 Å². The van der Waals surface area contributed by atoms with E-state index >= 15 is 0 Å². The number of hydrogen-bond acceptors (Lipinski definition) is 4. The summed E-state index contributed by atoms with van der Waals surface area (Å²) in [5.41, 5.74) is 9.16. The topological polar surface area (TPSA) is 41.7 Å². The second-order valence-corrected chi connectivity index (χ2v) is 5.68. The molecule has 0 aromatic heterocycles. The SMILES string of the molecule is COc1ccccc1N1CCN(Cc2cccc(N)c2)CC1.Cl.Cl. The van der Waals surface area contributed by atoms with Crippen molar-refractivity contribution in [2.24, 2.45) is 0 Å². The molecule has 1 aliphatic rings. The Bertz CT molecular complexity index is 631. The maximum atomic E-state index is 5.85. The van der Waals surface area contributed by atoms with E-state index < -0.39 is 0 Å². The van der Waals surface area contributed by atoms with Gasteiger partial charge in [0.15, 0.2) is 0 Å². The van der Waals surface area contributed by atoms with Crippen LogP contribution in [0.25, 0.3) is 0 Å². The van der Waals surface area contributed by atoms with E-state index in [2.05, 4.69) is 34.1 Å². The van der Waals surface area contributed by atoms with Crippen molar-refractivity contribution in [2.75, 3.05) is 43.9 Å². The lowest BCUT2D eigenvalue weighted by Crippen LogP contribution is -2.46. The van der Waals surface area contributed by atoms with Crippen LogP contribution in [0, 0.1) is 0 Å². The number of ether oxygens (including phenoxy) is 1. The molecule has 1 heterocycles. The third-order valence-electron chi connectivity index (χ3n) is 4.16. The Morgan fingerprint density at radius 2 is 1.67 bits per heavy atom. The molecule has 3 rings (SSSR count). The third-order valence-corrected chi connectivity index (χ3v) is 4.16. The molecule has 2 N–H and O–H groups in total. The van der Waals surface area contributed by atoms with E-state index in [9.17, 15) is 0 Å². The van der Waals surface area contributed by atoms with E-state index in [-0.39, 0.29) is 24.8 Å². The summed E-state index contributed by atoms with van der Waals surface area (Å²) < 4.78 is 5.47. The lowest BCUT2D eigenvalue weighted by atomic mass is 10.1. The molecule has 0 spiro atoms. The van der Waals surface area contributed by atoms with Gasteiger partial charge in [0, 0.05) is 38.4 Å². The number of hydrogen-bond donors (Lipinski definition) is 1. The molecule has 6 heteroatoms. The van der Waals surface area contributed by atoms with E-state index in [4.69, 9.17) is 10.5 Å². The Morgan fingerprint density at radius 1 is 0.958 bits per heavy atom. The van der Waals surface area contributed by atoms with Gasteiger partial charge in [0.2, 0.25) is 0 Å². The van der Waals surface area contributed by atoms with Crippen LogP contribution in [0.2, 0.25) is 0 Å². The van der Waals surface area contributed by atoms with E-state index in [1.165, 1.54) is 11.3 Å². The molecule has 1 saturated heterocycles. The van der Waals surface area contributed by atoms with Gasteiger partial charge in [-0.1, -0.05) is 24.3 Å². The maximum Gasteiger partial charge on any atom is 0.142 e. The molecule has 0 radical (unpaired) electrons. The molecule has 0 unspecified atom stereocenters. The first-order valence-corrected chi connectivity index (χ1v) is 7.71. The number of methoxy groups -OCH3 is 1. The minimum Gasteiger partial charge on any atom is -0.495 e. The number of nitrogens with two attached hydrogens (primary N) is 1. The van der Waals surface area contributed by atoms with Crippen LogP contribution in [-0.4, -0.2) is 38.2 Å². The van der Waals surface area contributed by atoms with Crippen molar-refractivity contribution in [1.82, 2.24) is 4.90 Å². The number of benzene rings is 2. The first kappa shape index (κ1) is 20.4. The van der Waals surface area contributed by atoms with Gasteiger partial charge >= 0.3 is 0 Å². The van der Waals surface area contributed by atoms with Gasteiger partial charge in [-0.3, -0.25) is 4.90 Å². The molecular weight excluding hydrogens is 345 g/mol. The van der Waals surface area contributed by atoms with Crippen LogP contribution in [-0.2, 0) is 6.54 Å². The van der Waals surface area contributed by atoms with Gasteiger partial charge in [-0.15, -0.1) is 24.8 Å². The van der Waals surface area contributed by atoms with Crippen molar-refractivity contribution in [2.45, 2.75) is 6.54 Å². The highest BCUT2D eigenvalue weighted by Gasteiger charge is 2.19. The molecule has 0 aliphatic carbocycles. The van der Waals surface area contributed by atoms with Crippen LogP contribution >= 0.6 is 24.8 Å². The summed E-state index contributed by atoms with van der Waals surface area (Å²) in [5.74, 6) is 0.951. The van der Waals surface area contributed by atoms with Crippen molar-refractivity contribution in [3.63, 3.8) is 0 Å². The Hall–Kier alpha value is -1.62. The van der Waals surface area contributed by atoms with Crippen LogP contribution in [0.5, 0.6) is 5.75 Å². The van der Waals surface area contributed by atoms with E-state index in [0.717, 1.165) is 44.2 Å². The Balaban J connectivity index is 0.00000144. The van der Waals surface area contributed by atoms with Crippen LogP contribution < -0.4 is 15.4 Å². The minimum absolute atomic E-state index is 0. The predicted octanol–water partition coefficient (Wildman–Crippen LogP) is 3.44. The van der Waals surface area contributed by atoms with Crippen LogP contribution in [0.3, 0.4) is 0 Å². The van der Waals surface area contributed by atoms with Crippen molar-refractivity contribution in [3.05, 3.63) is 54.1 Å². The Morgan fingerprint density at radius 3 is 2.33 bits per heavy atom.